The second-order valence-corrected chi connectivity index (χ2v) is 12.7. The first-order chi connectivity index (χ1) is 17.4. The second kappa shape index (κ2) is 10.6. The number of nitrogens with two attached hydrogens (primary N) is 1. The fraction of sp³-hybridized carbons (Fsp3) is 0.667. The highest BCUT2D eigenvalue weighted by atomic mass is 16.4. The molecule has 7 nitrogen and oxygen atoms in total. The van der Waals surface area contributed by atoms with E-state index in [9.17, 15) is 9.59 Å². The highest BCUT2D eigenvalue weighted by molar-refractivity contribution is 5.95. The number of carbonyl (C=O) groups excluding carboxylic acids is 1. The van der Waals surface area contributed by atoms with Crippen LogP contribution >= 0.6 is 0 Å². The van der Waals surface area contributed by atoms with Gasteiger partial charge in [-0.2, -0.15) is 0 Å². The maximum Gasteiger partial charge on any atom is 0.306 e. The lowest BCUT2D eigenvalue weighted by Gasteiger charge is -2.25. The van der Waals surface area contributed by atoms with E-state index in [0.29, 0.717) is 11.5 Å². The molecular formula is C30H44N4O3. The average Bonchev–Trinajstić information content (AvgIpc) is 3.47. The molecule has 2 aromatic heterocycles. The number of carboxylic acids is 1. The molecule has 3 aliphatic carbocycles. The maximum atomic E-state index is 12.1. The topological polar surface area (TPSA) is 111 Å². The van der Waals surface area contributed by atoms with Gasteiger partial charge < -0.3 is 15.4 Å². The lowest BCUT2D eigenvalue weighted by Crippen LogP contribution is -2.20. The smallest absolute Gasteiger partial charge is 0.306 e. The molecule has 2 aromatic rings. The molecule has 202 valence electrons. The van der Waals surface area contributed by atoms with Crippen molar-refractivity contribution in [2.24, 2.45) is 17.6 Å². The number of hydrogen-bond donors (Lipinski definition) is 2. The van der Waals surface area contributed by atoms with Crippen molar-refractivity contribution in [2.45, 2.75) is 116 Å². The summed E-state index contributed by atoms with van der Waals surface area (Å²) in [4.78, 5) is 32.1. The zero-order chi connectivity index (χ0) is 27.0. The summed E-state index contributed by atoms with van der Waals surface area (Å²) in [6.45, 7) is 11.8. The van der Waals surface area contributed by atoms with Gasteiger partial charge in [-0.15, -0.1) is 0 Å². The van der Waals surface area contributed by atoms with Gasteiger partial charge in [0.05, 0.1) is 28.6 Å². The van der Waals surface area contributed by atoms with Crippen molar-refractivity contribution >= 4 is 11.9 Å². The molecule has 0 atom stereocenters. The van der Waals surface area contributed by atoms with Crippen LogP contribution in [0.2, 0.25) is 0 Å². The molecule has 3 saturated carbocycles. The van der Waals surface area contributed by atoms with Crippen molar-refractivity contribution in [3.05, 3.63) is 34.9 Å². The van der Waals surface area contributed by atoms with Gasteiger partial charge in [0, 0.05) is 23.1 Å². The fourth-order valence-electron chi connectivity index (χ4n) is 5.27. The zero-order valence-corrected chi connectivity index (χ0v) is 23.3. The molecule has 0 aromatic carbocycles. The van der Waals surface area contributed by atoms with Crippen molar-refractivity contribution < 1.29 is 14.7 Å². The number of amides is 1. The number of hydrogen-bond acceptors (Lipinski definition) is 4. The van der Waals surface area contributed by atoms with Crippen LogP contribution in [0.25, 0.3) is 11.4 Å². The summed E-state index contributed by atoms with van der Waals surface area (Å²) in [7, 11) is 0. The number of carbonyl (C=O) groups is 2. The molecule has 37 heavy (non-hydrogen) atoms. The minimum Gasteiger partial charge on any atom is -0.481 e. The van der Waals surface area contributed by atoms with Crippen LogP contribution in [0.3, 0.4) is 0 Å². The number of primary amides is 1. The van der Waals surface area contributed by atoms with Gasteiger partial charge in [-0.05, 0) is 63.5 Å². The predicted molar refractivity (Wildman–Crippen MR) is 146 cm³/mol. The lowest BCUT2D eigenvalue weighted by molar-refractivity contribution is -0.144. The van der Waals surface area contributed by atoms with Crippen LogP contribution in [0.15, 0.2) is 12.1 Å². The monoisotopic (exact) mass is 508 g/mol. The summed E-state index contributed by atoms with van der Waals surface area (Å²) >= 11 is 0. The Morgan fingerprint density at radius 3 is 2.16 bits per heavy atom. The molecule has 7 heteroatoms. The van der Waals surface area contributed by atoms with Crippen molar-refractivity contribution in [1.29, 1.82) is 0 Å². The Balaban J connectivity index is 0.000000396. The van der Waals surface area contributed by atoms with Crippen LogP contribution in [0.5, 0.6) is 0 Å². The van der Waals surface area contributed by atoms with Crippen LogP contribution < -0.4 is 5.73 Å². The molecule has 0 bridgehead atoms. The first-order valence-corrected chi connectivity index (χ1v) is 14.0. The molecule has 0 spiro atoms. The van der Waals surface area contributed by atoms with E-state index in [4.69, 9.17) is 20.8 Å². The van der Waals surface area contributed by atoms with Gasteiger partial charge in [0.1, 0.15) is 5.82 Å². The lowest BCUT2D eigenvalue weighted by atomic mass is 9.86. The Bertz CT molecular complexity index is 1120. The van der Waals surface area contributed by atoms with Crippen LogP contribution in [0.1, 0.15) is 119 Å². The normalized spacial score (nSPS) is 19.5. The van der Waals surface area contributed by atoms with E-state index in [1.54, 1.807) is 0 Å². The van der Waals surface area contributed by atoms with Gasteiger partial charge in [0.25, 0.3) is 5.91 Å². The summed E-state index contributed by atoms with van der Waals surface area (Å²) < 4.78 is 2.30. The molecule has 0 radical (unpaired) electrons. The first-order valence-electron chi connectivity index (χ1n) is 14.0. The van der Waals surface area contributed by atoms with Crippen molar-refractivity contribution in [3.8, 4) is 11.4 Å². The van der Waals surface area contributed by atoms with Crippen molar-refractivity contribution in [2.75, 3.05) is 0 Å². The Labute approximate surface area is 221 Å². The third-order valence-corrected chi connectivity index (χ3v) is 8.55. The highest BCUT2D eigenvalue weighted by Crippen LogP contribution is 2.47. The summed E-state index contributed by atoms with van der Waals surface area (Å²) in [5, 5.41) is 8.23. The third-order valence-electron chi connectivity index (χ3n) is 8.55. The minimum atomic E-state index is -0.619. The van der Waals surface area contributed by atoms with Gasteiger partial charge in [0.2, 0.25) is 0 Å². The van der Waals surface area contributed by atoms with E-state index in [1.165, 1.54) is 32.1 Å². The van der Waals surface area contributed by atoms with E-state index in [-0.39, 0.29) is 22.7 Å². The molecule has 3 aliphatic rings. The van der Waals surface area contributed by atoms with Crippen molar-refractivity contribution in [1.82, 2.24) is 14.5 Å². The van der Waals surface area contributed by atoms with E-state index >= 15 is 0 Å². The van der Waals surface area contributed by atoms with E-state index in [1.807, 2.05) is 13.0 Å². The summed E-state index contributed by atoms with van der Waals surface area (Å²) in [5.74, 6) is 0.601. The molecule has 0 saturated heterocycles. The highest BCUT2D eigenvalue weighted by Gasteiger charge is 2.43. The maximum absolute atomic E-state index is 12.1. The third kappa shape index (κ3) is 6.24. The van der Waals surface area contributed by atoms with Crippen LogP contribution in [-0.4, -0.2) is 31.5 Å². The summed E-state index contributed by atoms with van der Waals surface area (Å²) in [6, 6.07) is 4.07. The number of aromatic nitrogens is 3. The molecule has 1 amide bonds. The standard InChI is InChI=1S/C25H36N4O.C5H8O2/c1-16-18(22(26)30)13-20(29(16)15-17-9-7-6-8-10-17)19-14-21(24(2,3)4)28-23(27-19)25(5)11-12-25;6-5(7)4-2-1-3-4/h13-14,17H,6-12,15H2,1-5H3,(H2,26,30);4H,1-3H2,(H,6,7). The van der Waals surface area contributed by atoms with Gasteiger partial charge in [-0.25, -0.2) is 9.97 Å². The molecule has 2 heterocycles. The second-order valence-electron chi connectivity index (χ2n) is 12.7. The van der Waals surface area contributed by atoms with Gasteiger partial charge in [-0.3, -0.25) is 9.59 Å². The van der Waals surface area contributed by atoms with Crippen LogP contribution in [0, 0.1) is 18.8 Å². The van der Waals surface area contributed by atoms with E-state index < -0.39 is 5.97 Å². The largest absolute Gasteiger partial charge is 0.481 e. The van der Waals surface area contributed by atoms with Gasteiger partial charge >= 0.3 is 5.97 Å². The molecule has 3 fully saturated rings. The fourth-order valence-corrected chi connectivity index (χ4v) is 5.27. The van der Waals surface area contributed by atoms with Crippen LogP contribution in [0.4, 0.5) is 0 Å². The zero-order valence-electron chi connectivity index (χ0n) is 23.3. The minimum absolute atomic E-state index is 0.000000000000000444. The number of rotatable bonds is 6. The summed E-state index contributed by atoms with van der Waals surface area (Å²) in [5.41, 5.74) is 10.3. The molecule has 0 aliphatic heterocycles. The Kier molecular flexibility index (Phi) is 7.82. The molecule has 3 N–H and O–H groups in total. The number of aliphatic carboxylic acids is 1. The summed E-state index contributed by atoms with van der Waals surface area (Å²) in [6.07, 6.45) is 11.6. The molecular weight excluding hydrogens is 464 g/mol. The molecule has 5 rings (SSSR count). The predicted octanol–water partition coefficient (Wildman–Crippen LogP) is 6.15. The molecule has 0 unspecified atom stereocenters. The Morgan fingerprint density at radius 1 is 1.05 bits per heavy atom. The Morgan fingerprint density at radius 2 is 1.70 bits per heavy atom. The number of nitrogens with zero attached hydrogens (tertiary/aromatic N) is 3. The van der Waals surface area contributed by atoms with Crippen molar-refractivity contribution in [3.63, 3.8) is 0 Å². The van der Waals surface area contributed by atoms with E-state index in [0.717, 1.165) is 67.2 Å². The quantitative estimate of drug-likeness (QED) is 0.486. The van der Waals surface area contributed by atoms with Crippen LogP contribution in [-0.2, 0) is 22.2 Å². The Hall–Kier alpha value is -2.70. The number of carboxylic acid groups (broad SMARTS) is 1. The van der Waals surface area contributed by atoms with Gasteiger partial charge in [-0.1, -0.05) is 53.4 Å². The SMILES string of the molecule is Cc1c(C(N)=O)cc(-c2cc(C(C)(C)C)nc(C3(C)CC3)n2)n1CC1CCCCC1.O=C(O)C1CCC1. The van der Waals surface area contributed by atoms with E-state index in [2.05, 4.69) is 38.3 Å². The first kappa shape index (κ1) is 27.3. The van der Waals surface area contributed by atoms with Gasteiger partial charge in [0.15, 0.2) is 0 Å². The average molecular weight is 509 g/mol.